The van der Waals surface area contributed by atoms with Crippen LogP contribution in [0.4, 0.5) is 8.78 Å². The predicted molar refractivity (Wildman–Crippen MR) is 121 cm³/mol. The fraction of sp³-hybridized carbons (Fsp3) is 0.385. The summed E-state index contributed by atoms with van der Waals surface area (Å²) in [6.45, 7) is 3.83. The summed E-state index contributed by atoms with van der Waals surface area (Å²) in [7, 11) is 0. The number of ether oxygens (including phenoxy) is 1. The Morgan fingerprint density at radius 3 is 2.58 bits per heavy atom. The summed E-state index contributed by atoms with van der Waals surface area (Å²) in [5.74, 6) is -3.37. The molecule has 174 valence electrons. The zero-order valence-corrected chi connectivity index (χ0v) is 18.7. The van der Waals surface area contributed by atoms with E-state index in [-0.39, 0.29) is 29.7 Å². The number of carbonyl (C=O) groups is 2. The van der Waals surface area contributed by atoms with Gasteiger partial charge in [-0.2, -0.15) is 0 Å². The number of nitrogens with one attached hydrogen (secondary N) is 1. The van der Waals surface area contributed by atoms with E-state index in [1.807, 2.05) is 30.3 Å². The summed E-state index contributed by atoms with van der Waals surface area (Å²) in [6.07, 6.45) is 3.83. The van der Waals surface area contributed by atoms with E-state index in [4.69, 9.17) is 4.74 Å². The number of esters is 1. The van der Waals surface area contributed by atoms with Crippen LogP contribution in [0.25, 0.3) is 0 Å². The first-order valence-corrected chi connectivity index (χ1v) is 11.4. The number of hydrogen-bond acceptors (Lipinski definition) is 5. The number of nitrogens with zero attached hydrogens (tertiary/aromatic N) is 1. The number of likely N-dealkylation sites (tertiary alicyclic amines) is 1. The number of rotatable bonds is 9. The number of carbonyl (C=O) groups excluding carboxylic acids is 2. The maximum absolute atomic E-state index is 15.0. The van der Waals surface area contributed by atoms with Crippen molar-refractivity contribution in [3.8, 4) is 0 Å². The quantitative estimate of drug-likeness (QED) is 0.201. The van der Waals surface area contributed by atoms with Crippen LogP contribution in [-0.4, -0.2) is 42.4 Å². The first kappa shape index (κ1) is 23.1. The lowest BCUT2D eigenvalue weighted by Gasteiger charge is -2.17. The van der Waals surface area contributed by atoms with Crippen molar-refractivity contribution in [2.45, 2.75) is 44.7 Å². The van der Waals surface area contributed by atoms with Crippen LogP contribution in [0.1, 0.15) is 53.6 Å². The lowest BCUT2D eigenvalue weighted by molar-refractivity contribution is -0.138. The summed E-state index contributed by atoms with van der Waals surface area (Å²) in [5.41, 5.74) is 0.637. The number of Topliss-reactive ketones (excluding diaryl/α,β-unsaturated/α-hetero) is 1. The smallest absolute Gasteiger partial charge is 0.343 e. The molecular weight excluding hydrogens is 426 g/mol. The summed E-state index contributed by atoms with van der Waals surface area (Å²) >= 11 is 0. The Morgan fingerprint density at radius 1 is 1.12 bits per heavy atom. The molecule has 0 radical (unpaired) electrons. The van der Waals surface area contributed by atoms with Crippen molar-refractivity contribution in [1.29, 1.82) is 0 Å². The summed E-state index contributed by atoms with van der Waals surface area (Å²) in [4.78, 5) is 27.4. The van der Waals surface area contributed by atoms with E-state index in [0.717, 1.165) is 38.1 Å². The number of ketones is 1. The molecule has 4 rings (SSSR count). The van der Waals surface area contributed by atoms with Gasteiger partial charge in [-0.15, -0.1) is 0 Å². The van der Waals surface area contributed by atoms with Gasteiger partial charge in [0.05, 0.1) is 12.2 Å². The molecule has 1 saturated carbocycles. The van der Waals surface area contributed by atoms with Crippen LogP contribution in [0.3, 0.4) is 0 Å². The second-order valence-electron chi connectivity index (χ2n) is 8.61. The topological polar surface area (TPSA) is 58.6 Å². The maximum Gasteiger partial charge on any atom is 0.343 e. The van der Waals surface area contributed by atoms with Crippen LogP contribution < -0.4 is 5.32 Å². The van der Waals surface area contributed by atoms with Crippen molar-refractivity contribution < 1.29 is 23.1 Å². The molecule has 1 unspecified atom stereocenters. The predicted octanol–water partition coefficient (Wildman–Crippen LogP) is 4.34. The Balaban J connectivity index is 1.51. The van der Waals surface area contributed by atoms with E-state index in [0.29, 0.717) is 13.0 Å². The molecule has 0 amide bonds. The van der Waals surface area contributed by atoms with E-state index >= 15 is 4.39 Å². The first-order chi connectivity index (χ1) is 16.0. The highest BCUT2D eigenvalue weighted by Gasteiger charge is 2.30. The Kier molecular flexibility index (Phi) is 7.18. The molecule has 2 fully saturated rings. The van der Waals surface area contributed by atoms with Gasteiger partial charge in [-0.1, -0.05) is 30.3 Å². The fourth-order valence-corrected chi connectivity index (χ4v) is 4.14. The van der Waals surface area contributed by atoms with Gasteiger partial charge in [0.1, 0.15) is 17.2 Å². The van der Waals surface area contributed by atoms with Crippen LogP contribution in [-0.2, 0) is 16.1 Å². The van der Waals surface area contributed by atoms with E-state index in [2.05, 4.69) is 10.2 Å². The Labute approximate surface area is 192 Å². The van der Waals surface area contributed by atoms with Crippen LogP contribution >= 0.6 is 0 Å². The van der Waals surface area contributed by atoms with Gasteiger partial charge in [-0.25, -0.2) is 13.6 Å². The fourth-order valence-electron chi connectivity index (χ4n) is 4.14. The molecule has 2 aliphatic rings. The standard InChI is InChI=1S/C26H28F2N2O3/c1-2-33-26(32)22(14-29-19-8-9-19)25(31)21-13-23(27)20(12-24(21)28)18-10-11-30(16-18)15-17-6-4-3-5-7-17/h3-7,12-14,18-19,29H,2,8-11,15-16H2,1H3. The van der Waals surface area contributed by atoms with Crippen molar-refractivity contribution in [2.75, 3.05) is 19.7 Å². The molecule has 1 aliphatic heterocycles. The molecule has 2 aromatic rings. The van der Waals surface area contributed by atoms with Gasteiger partial charge in [0.2, 0.25) is 5.78 Å². The lowest BCUT2D eigenvalue weighted by atomic mass is 9.94. The summed E-state index contributed by atoms with van der Waals surface area (Å²) in [6, 6.07) is 12.2. The van der Waals surface area contributed by atoms with Gasteiger partial charge in [-0.05, 0) is 56.0 Å². The zero-order valence-electron chi connectivity index (χ0n) is 18.7. The van der Waals surface area contributed by atoms with Gasteiger partial charge >= 0.3 is 5.97 Å². The third-order valence-corrected chi connectivity index (χ3v) is 6.07. The van der Waals surface area contributed by atoms with E-state index in [1.54, 1.807) is 6.92 Å². The van der Waals surface area contributed by atoms with Gasteiger partial charge < -0.3 is 10.1 Å². The molecule has 0 bridgehead atoms. The molecule has 1 atom stereocenters. The van der Waals surface area contributed by atoms with Crippen LogP contribution in [0.5, 0.6) is 0 Å². The van der Waals surface area contributed by atoms with E-state index in [9.17, 15) is 14.0 Å². The van der Waals surface area contributed by atoms with Crippen molar-refractivity contribution >= 4 is 11.8 Å². The lowest BCUT2D eigenvalue weighted by Crippen LogP contribution is -2.22. The van der Waals surface area contributed by atoms with E-state index < -0.39 is 29.0 Å². The molecule has 7 heteroatoms. The number of benzene rings is 2. The maximum atomic E-state index is 15.0. The third-order valence-electron chi connectivity index (χ3n) is 6.07. The Morgan fingerprint density at radius 2 is 1.88 bits per heavy atom. The Hall–Kier alpha value is -3.06. The highest BCUT2D eigenvalue weighted by molar-refractivity contribution is 6.24. The summed E-state index contributed by atoms with van der Waals surface area (Å²) < 4.78 is 35.0. The molecule has 1 aliphatic carbocycles. The van der Waals surface area contributed by atoms with Gasteiger partial charge in [0.25, 0.3) is 0 Å². The first-order valence-electron chi connectivity index (χ1n) is 11.4. The second-order valence-corrected chi connectivity index (χ2v) is 8.61. The second kappa shape index (κ2) is 10.3. The summed E-state index contributed by atoms with van der Waals surface area (Å²) in [5, 5.41) is 2.96. The molecule has 2 aromatic carbocycles. The minimum Gasteiger partial charge on any atom is -0.462 e. The molecule has 33 heavy (non-hydrogen) atoms. The highest BCUT2D eigenvalue weighted by Crippen LogP contribution is 2.32. The molecular formula is C26H28F2N2O3. The average Bonchev–Trinajstić information content (AvgIpc) is 3.52. The van der Waals surface area contributed by atoms with Crippen molar-refractivity contribution in [3.05, 3.63) is 82.6 Å². The molecule has 5 nitrogen and oxygen atoms in total. The van der Waals surface area contributed by atoms with Crippen LogP contribution in [0, 0.1) is 11.6 Å². The van der Waals surface area contributed by atoms with Gasteiger partial charge in [0, 0.05) is 31.2 Å². The largest absolute Gasteiger partial charge is 0.462 e. The van der Waals surface area contributed by atoms with E-state index in [1.165, 1.54) is 11.8 Å². The number of halogens is 2. The molecule has 1 heterocycles. The van der Waals surface area contributed by atoms with Crippen LogP contribution in [0.2, 0.25) is 0 Å². The molecule has 0 spiro atoms. The normalized spacial score (nSPS) is 18.9. The van der Waals surface area contributed by atoms with Crippen molar-refractivity contribution in [3.63, 3.8) is 0 Å². The third kappa shape index (κ3) is 5.66. The van der Waals surface area contributed by atoms with Crippen molar-refractivity contribution in [2.24, 2.45) is 0 Å². The minimum absolute atomic E-state index is 0.0732. The molecule has 0 aromatic heterocycles. The van der Waals surface area contributed by atoms with Gasteiger partial charge in [-0.3, -0.25) is 9.69 Å². The minimum atomic E-state index is -0.887. The monoisotopic (exact) mass is 454 g/mol. The SMILES string of the molecule is CCOC(=O)C(=CNC1CC1)C(=O)c1cc(F)c(C2CCN(Cc3ccccc3)C2)cc1F. The van der Waals surface area contributed by atoms with Crippen LogP contribution in [0.15, 0.2) is 54.2 Å². The number of hydrogen-bond donors (Lipinski definition) is 1. The average molecular weight is 455 g/mol. The molecule has 1 N–H and O–H groups in total. The zero-order chi connectivity index (χ0) is 23.4. The van der Waals surface area contributed by atoms with Crippen molar-refractivity contribution in [1.82, 2.24) is 10.2 Å². The highest BCUT2D eigenvalue weighted by atomic mass is 19.1. The Bertz CT molecular complexity index is 1050. The van der Waals surface area contributed by atoms with Gasteiger partial charge in [0.15, 0.2) is 0 Å². The molecule has 1 saturated heterocycles.